The predicted molar refractivity (Wildman–Crippen MR) is 82.4 cm³/mol. The largest absolute Gasteiger partial charge is 0.493 e. The fraction of sp³-hybridized carbons (Fsp3) is 0.438. The fourth-order valence-electron chi connectivity index (χ4n) is 2.83. The van der Waals surface area contributed by atoms with Crippen molar-refractivity contribution in [2.75, 3.05) is 26.1 Å². The molecule has 2 aromatic rings. The van der Waals surface area contributed by atoms with Crippen molar-refractivity contribution in [3.63, 3.8) is 0 Å². The number of nitrogens with zero attached hydrogens (tertiary/aromatic N) is 2. The smallest absolute Gasteiger partial charge is 0.203 e. The summed E-state index contributed by atoms with van der Waals surface area (Å²) < 4.78 is 13.0. The molecule has 5 nitrogen and oxygen atoms in total. The third-order valence-corrected chi connectivity index (χ3v) is 3.97. The highest BCUT2D eigenvalue weighted by atomic mass is 16.5. The summed E-state index contributed by atoms with van der Waals surface area (Å²) in [6.07, 6.45) is 4.12. The molecule has 5 heteroatoms. The number of fused-ring (bicyclic) bond motifs is 1. The Morgan fingerprint density at radius 2 is 2.10 bits per heavy atom. The highest BCUT2D eigenvalue weighted by Crippen LogP contribution is 2.35. The van der Waals surface area contributed by atoms with Gasteiger partial charge in [-0.1, -0.05) is 13.0 Å². The van der Waals surface area contributed by atoms with Crippen LogP contribution < -0.4 is 14.8 Å². The highest BCUT2D eigenvalue weighted by Gasteiger charge is 2.23. The molecule has 2 heterocycles. The monoisotopic (exact) mass is 287 g/mol. The Balaban J connectivity index is 2.00. The SMILES string of the molecule is CCc1cn2c(n1)NCCC2c1ccc(OC)c(OC)c1. The molecule has 0 bridgehead atoms. The molecule has 1 atom stereocenters. The molecule has 1 aromatic carbocycles. The van der Waals surface area contributed by atoms with Crippen LogP contribution >= 0.6 is 0 Å². The molecule has 0 radical (unpaired) electrons. The lowest BCUT2D eigenvalue weighted by Gasteiger charge is -2.26. The van der Waals surface area contributed by atoms with E-state index in [0.717, 1.165) is 42.5 Å². The Bertz CT molecular complexity index is 636. The lowest BCUT2D eigenvalue weighted by molar-refractivity contribution is 0.353. The highest BCUT2D eigenvalue weighted by molar-refractivity contribution is 5.45. The van der Waals surface area contributed by atoms with Crippen LogP contribution in [-0.4, -0.2) is 30.3 Å². The zero-order chi connectivity index (χ0) is 14.8. The minimum atomic E-state index is 0.286. The van der Waals surface area contributed by atoms with E-state index in [1.165, 1.54) is 5.56 Å². The molecule has 1 unspecified atom stereocenters. The molecule has 1 aliphatic rings. The summed E-state index contributed by atoms with van der Waals surface area (Å²) in [5, 5.41) is 3.36. The zero-order valence-electron chi connectivity index (χ0n) is 12.7. The molecule has 1 aliphatic heterocycles. The number of ether oxygens (including phenoxy) is 2. The van der Waals surface area contributed by atoms with Crippen LogP contribution in [0.3, 0.4) is 0 Å². The number of hydrogen-bond acceptors (Lipinski definition) is 4. The molecule has 0 spiro atoms. The average molecular weight is 287 g/mol. The van der Waals surface area contributed by atoms with Crippen molar-refractivity contribution in [1.29, 1.82) is 0 Å². The van der Waals surface area contributed by atoms with Crippen LogP contribution in [-0.2, 0) is 6.42 Å². The van der Waals surface area contributed by atoms with E-state index in [1.807, 2.05) is 6.07 Å². The van der Waals surface area contributed by atoms with Crippen LogP contribution in [0, 0.1) is 0 Å². The summed E-state index contributed by atoms with van der Waals surface area (Å²) in [6.45, 7) is 3.05. The molecule has 1 N–H and O–H groups in total. The van der Waals surface area contributed by atoms with Crippen molar-refractivity contribution < 1.29 is 9.47 Å². The van der Waals surface area contributed by atoms with E-state index in [9.17, 15) is 0 Å². The lowest BCUT2D eigenvalue weighted by Crippen LogP contribution is -2.23. The summed E-state index contributed by atoms with van der Waals surface area (Å²) in [4.78, 5) is 4.62. The van der Waals surface area contributed by atoms with Crippen LogP contribution in [0.4, 0.5) is 5.95 Å². The Kier molecular flexibility index (Phi) is 3.73. The number of aryl methyl sites for hydroxylation is 1. The second-order valence-electron chi connectivity index (χ2n) is 5.16. The van der Waals surface area contributed by atoms with Gasteiger partial charge in [0.25, 0.3) is 0 Å². The molecule has 0 saturated carbocycles. The fourth-order valence-corrected chi connectivity index (χ4v) is 2.83. The summed E-state index contributed by atoms with van der Waals surface area (Å²) in [5.74, 6) is 2.49. The van der Waals surface area contributed by atoms with Crippen molar-refractivity contribution in [3.8, 4) is 11.5 Å². The lowest BCUT2D eigenvalue weighted by atomic mass is 10.0. The summed E-state index contributed by atoms with van der Waals surface area (Å²) in [7, 11) is 3.32. The van der Waals surface area contributed by atoms with Gasteiger partial charge in [0.2, 0.25) is 5.95 Å². The first kappa shape index (κ1) is 13.8. The van der Waals surface area contributed by atoms with Crippen molar-refractivity contribution in [3.05, 3.63) is 35.7 Å². The minimum Gasteiger partial charge on any atom is -0.493 e. The maximum atomic E-state index is 5.42. The first-order valence-electron chi connectivity index (χ1n) is 7.30. The Hall–Kier alpha value is -2.17. The molecule has 112 valence electrons. The molecule has 0 amide bonds. The number of benzene rings is 1. The molecular weight excluding hydrogens is 266 g/mol. The van der Waals surface area contributed by atoms with Crippen LogP contribution in [0.25, 0.3) is 0 Å². The van der Waals surface area contributed by atoms with Crippen LogP contribution in [0.2, 0.25) is 0 Å². The topological polar surface area (TPSA) is 48.3 Å². The molecule has 0 aliphatic carbocycles. The normalized spacial score (nSPS) is 17.0. The van der Waals surface area contributed by atoms with E-state index in [2.05, 4.69) is 40.1 Å². The van der Waals surface area contributed by atoms with Crippen molar-refractivity contribution in [2.45, 2.75) is 25.8 Å². The van der Waals surface area contributed by atoms with Gasteiger partial charge in [-0.25, -0.2) is 4.98 Å². The predicted octanol–water partition coefficient (Wildman–Crippen LogP) is 2.87. The molecule has 0 saturated heterocycles. The maximum Gasteiger partial charge on any atom is 0.203 e. The van der Waals surface area contributed by atoms with Gasteiger partial charge in [0.15, 0.2) is 11.5 Å². The Morgan fingerprint density at radius 3 is 2.81 bits per heavy atom. The third-order valence-electron chi connectivity index (χ3n) is 3.97. The first-order valence-corrected chi connectivity index (χ1v) is 7.30. The van der Waals surface area contributed by atoms with Gasteiger partial charge in [-0.2, -0.15) is 0 Å². The van der Waals surface area contributed by atoms with Crippen LogP contribution in [0.1, 0.15) is 30.6 Å². The summed E-state index contributed by atoms with van der Waals surface area (Å²) >= 11 is 0. The molecule has 0 fully saturated rings. The van der Waals surface area contributed by atoms with Gasteiger partial charge < -0.3 is 19.4 Å². The first-order chi connectivity index (χ1) is 10.3. The number of rotatable bonds is 4. The second-order valence-corrected chi connectivity index (χ2v) is 5.16. The van der Waals surface area contributed by atoms with Gasteiger partial charge in [-0.05, 0) is 30.5 Å². The maximum absolute atomic E-state index is 5.42. The Morgan fingerprint density at radius 1 is 1.29 bits per heavy atom. The third kappa shape index (κ3) is 2.44. The number of anilines is 1. The van der Waals surface area contributed by atoms with Crippen molar-refractivity contribution >= 4 is 5.95 Å². The van der Waals surface area contributed by atoms with Gasteiger partial charge in [-0.15, -0.1) is 0 Å². The van der Waals surface area contributed by atoms with Crippen molar-refractivity contribution in [2.24, 2.45) is 0 Å². The van der Waals surface area contributed by atoms with Gasteiger partial charge in [0.1, 0.15) is 0 Å². The van der Waals surface area contributed by atoms with Gasteiger partial charge in [-0.3, -0.25) is 0 Å². The summed E-state index contributed by atoms with van der Waals surface area (Å²) in [6, 6.07) is 6.42. The quantitative estimate of drug-likeness (QED) is 0.939. The molecule has 1 aromatic heterocycles. The average Bonchev–Trinajstić information content (AvgIpc) is 2.97. The van der Waals surface area contributed by atoms with E-state index in [1.54, 1.807) is 14.2 Å². The number of nitrogens with one attached hydrogen (secondary N) is 1. The van der Waals surface area contributed by atoms with Crippen molar-refractivity contribution in [1.82, 2.24) is 9.55 Å². The molecule has 21 heavy (non-hydrogen) atoms. The number of hydrogen-bond donors (Lipinski definition) is 1. The number of methoxy groups -OCH3 is 2. The standard InChI is InChI=1S/C16H21N3O2/c1-4-12-10-19-13(7-8-17-16(19)18-12)11-5-6-14(20-2)15(9-11)21-3/h5-6,9-10,13H,4,7-8H2,1-3H3,(H,17,18). The van der Waals surface area contributed by atoms with E-state index in [0.29, 0.717) is 0 Å². The van der Waals surface area contributed by atoms with Crippen LogP contribution in [0.15, 0.2) is 24.4 Å². The zero-order valence-corrected chi connectivity index (χ0v) is 12.7. The summed E-state index contributed by atoms with van der Waals surface area (Å²) in [5.41, 5.74) is 2.33. The van der Waals surface area contributed by atoms with Crippen LogP contribution in [0.5, 0.6) is 11.5 Å². The number of imidazole rings is 1. The van der Waals surface area contributed by atoms with Gasteiger partial charge in [0.05, 0.1) is 26.0 Å². The van der Waals surface area contributed by atoms with E-state index in [4.69, 9.17) is 9.47 Å². The molecule has 3 rings (SSSR count). The minimum absolute atomic E-state index is 0.286. The Labute approximate surface area is 124 Å². The van der Waals surface area contributed by atoms with E-state index in [-0.39, 0.29) is 6.04 Å². The number of aromatic nitrogens is 2. The van der Waals surface area contributed by atoms with Gasteiger partial charge in [0, 0.05) is 12.7 Å². The molecular formula is C16H21N3O2. The van der Waals surface area contributed by atoms with Gasteiger partial charge >= 0.3 is 0 Å². The van der Waals surface area contributed by atoms with E-state index < -0.39 is 0 Å². The van der Waals surface area contributed by atoms with E-state index >= 15 is 0 Å². The second kappa shape index (κ2) is 5.68.